The fourth-order valence-corrected chi connectivity index (χ4v) is 12.0. The number of aryl methyl sites for hydroxylation is 2. The quantitative estimate of drug-likeness (QED) is 0.114. The lowest BCUT2D eigenvalue weighted by molar-refractivity contribution is -0.254. The molecule has 0 bridgehead atoms. The van der Waals surface area contributed by atoms with Crippen molar-refractivity contribution in [3.8, 4) is 45.3 Å². The van der Waals surface area contributed by atoms with Gasteiger partial charge in [-0.05, 0) is 104 Å². The van der Waals surface area contributed by atoms with E-state index in [1.54, 1.807) is 14.2 Å². The fourth-order valence-electron chi connectivity index (χ4n) is 10.1. The Hall–Kier alpha value is -7.28. The van der Waals surface area contributed by atoms with E-state index in [9.17, 15) is 0 Å². The zero-order chi connectivity index (χ0) is 49.4. The summed E-state index contributed by atoms with van der Waals surface area (Å²) in [4.78, 5) is 1.05. The number of benzene rings is 8. The Labute approximate surface area is 412 Å². The van der Waals surface area contributed by atoms with Crippen LogP contribution in [-0.2, 0) is 13.2 Å². The molecule has 71 heavy (non-hydrogen) atoms. The first kappa shape index (κ1) is 46.1. The van der Waals surface area contributed by atoms with Gasteiger partial charge < -0.3 is 18.9 Å². The van der Waals surface area contributed by atoms with Gasteiger partial charge >= 0.3 is 17.8 Å². The van der Waals surface area contributed by atoms with Crippen LogP contribution < -0.4 is 18.9 Å². The Balaban J connectivity index is 0.968. The van der Waals surface area contributed by atoms with Crippen molar-refractivity contribution in [3.63, 3.8) is 0 Å². The van der Waals surface area contributed by atoms with Gasteiger partial charge in [0.15, 0.2) is 0 Å². The van der Waals surface area contributed by atoms with Gasteiger partial charge in [-0.25, -0.2) is 0 Å². The number of fused-ring (bicyclic) bond motifs is 4. The van der Waals surface area contributed by atoms with Crippen LogP contribution in [0.2, 0.25) is 0 Å². The normalized spacial score (nSPS) is 15.0. The maximum absolute atomic E-state index is 16.4. The van der Waals surface area contributed by atoms with Crippen LogP contribution in [0.4, 0.5) is 26.3 Å². The van der Waals surface area contributed by atoms with Crippen LogP contribution in [0.5, 0.6) is 23.0 Å². The molecular weight excluding hydrogens is 951 g/mol. The molecule has 0 amide bonds. The Morgan fingerprint density at radius 3 is 1.01 bits per heavy atom. The lowest BCUT2D eigenvalue weighted by atomic mass is 9.92. The van der Waals surface area contributed by atoms with Crippen LogP contribution in [0, 0.1) is 13.8 Å². The van der Waals surface area contributed by atoms with Crippen LogP contribution in [0.3, 0.4) is 0 Å². The predicted molar refractivity (Wildman–Crippen MR) is 275 cm³/mol. The minimum absolute atomic E-state index is 0.155. The molecule has 2 heterocycles. The van der Waals surface area contributed by atoms with Crippen LogP contribution >= 0.6 is 22.7 Å². The van der Waals surface area contributed by atoms with Crippen molar-refractivity contribution in [2.24, 2.45) is 0 Å². The largest absolute Gasteiger partial charge is 0.496 e. The SMILES string of the molecule is COc1ccc2ccccc2c1-c1c(OCc2cc(C3=C(c4cc(COc5ccc6ccccc6c5-c5c(OC)ccc6ccccc56)sc4C)C(F)(F)C(F)(F)C3(F)F)c(C)s2)ccc2ccccc12. The summed E-state index contributed by atoms with van der Waals surface area (Å²) in [7, 11) is 3.17. The van der Waals surface area contributed by atoms with Crippen molar-refractivity contribution in [3.05, 3.63) is 188 Å². The average molecular weight is 993 g/mol. The highest BCUT2D eigenvalue weighted by atomic mass is 32.1. The molecule has 10 aromatic rings. The summed E-state index contributed by atoms with van der Waals surface area (Å²) < 4.78 is 122. The van der Waals surface area contributed by atoms with Gasteiger partial charge in [0.2, 0.25) is 0 Å². The van der Waals surface area contributed by atoms with E-state index in [2.05, 4.69) is 0 Å². The van der Waals surface area contributed by atoms with E-state index < -0.39 is 40.0 Å². The summed E-state index contributed by atoms with van der Waals surface area (Å²) in [5.41, 5.74) is -0.584. The lowest BCUT2D eigenvalue weighted by Gasteiger charge is -2.25. The van der Waals surface area contributed by atoms with E-state index in [1.807, 2.05) is 146 Å². The number of alkyl halides is 6. The molecule has 0 saturated carbocycles. The third-order valence-corrected chi connectivity index (χ3v) is 15.4. The van der Waals surface area contributed by atoms with Crippen LogP contribution in [0.15, 0.2) is 158 Å². The number of rotatable bonds is 12. The Morgan fingerprint density at radius 2 is 0.690 bits per heavy atom. The van der Waals surface area contributed by atoms with Crippen molar-refractivity contribution < 1.29 is 45.3 Å². The van der Waals surface area contributed by atoms with Crippen molar-refractivity contribution >= 4 is 76.9 Å². The molecule has 0 fully saturated rings. The summed E-state index contributed by atoms with van der Waals surface area (Å²) in [6.07, 6.45) is 0. The second-order valence-electron chi connectivity index (χ2n) is 17.5. The minimum atomic E-state index is -5.74. The van der Waals surface area contributed by atoms with Crippen LogP contribution in [-0.4, -0.2) is 32.0 Å². The molecule has 12 heteroatoms. The van der Waals surface area contributed by atoms with Gasteiger partial charge in [0.1, 0.15) is 36.2 Å². The van der Waals surface area contributed by atoms with Gasteiger partial charge in [0.25, 0.3) is 0 Å². The molecule has 0 spiro atoms. The summed E-state index contributed by atoms with van der Waals surface area (Å²) >= 11 is 2.04. The standard InChI is InChI=1S/C59H42F6O4S2/c1-33-45(29-39(70-33)31-68-49-27-23-37-15-7-11-19-43(37)53(49)51-41-17-9-5-13-35(41)21-25-47(51)66-3)55-56(58(62,63)59(64,65)57(55,60)61)46-30-40(71-34(46)2)32-69-50-28-24-38-16-8-12-20-44(38)54(50)52-42-18-10-6-14-36(42)22-26-48(52)67-4/h5-30H,31-32H2,1-4H3. The van der Waals surface area contributed by atoms with E-state index in [1.165, 1.54) is 26.0 Å². The summed E-state index contributed by atoms with van der Waals surface area (Å²) in [5.74, 6) is -14.1. The van der Waals surface area contributed by atoms with Gasteiger partial charge in [-0.2, -0.15) is 26.3 Å². The number of hydrogen-bond donors (Lipinski definition) is 0. The van der Waals surface area contributed by atoms with Gasteiger partial charge in [-0.3, -0.25) is 0 Å². The molecule has 1 aliphatic rings. The van der Waals surface area contributed by atoms with Gasteiger partial charge in [-0.1, -0.05) is 121 Å². The van der Waals surface area contributed by atoms with E-state index in [0.717, 1.165) is 88.0 Å². The van der Waals surface area contributed by atoms with Crippen LogP contribution in [0.25, 0.3) is 76.5 Å². The molecule has 2 aromatic heterocycles. The first-order chi connectivity index (χ1) is 34.2. The van der Waals surface area contributed by atoms with Crippen LogP contribution in [0.1, 0.15) is 30.6 Å². The maximum Gasteiger partial charge on any atom is 0.380 e. The second-order valence-corrected chi connectivity index (χ2v) is 20.1. The maximum atomic E-state index is 16.4. The number of allylic oxidation sites excluding steroid dienone is 2. The molecule has 0 unspecified atom stereocenters. The predicted octanol–water partition coefficient (Wildman–Crippen LogP) is 17.4. The number of ether oxygens (including phenoxy) is 4. The van der Waals surface area contributed by atoms with Crippen molar-refractivity contribution in [1.82, 2.24) is 0 Å². The molecule has 356 valence electrons. The fraction of sp³-hybridized carbons (Fsp3) is 0.153. The smallest absolute Gasteiger partial charge is 0.380 e. The van der Waals surface area contributed by atoms with Gasteiger partial charge in [0.05, 0.1) is 14.2 Å². The van der Waals surface area contributed by atoms with E-state index in [0.29, 0.717) is 32.8 Å². The average Bonchev–Trinajstić information content (AvgIpc) is 3.97. The zero-order valence-corrected chi connectivity index (χ0v) is 40.3. The topological polar surface area (TPSA) is 36.9 Å². The first-order valence-electron chi connectivity index (χ1n) is 22.7. The number of methoxy groups -OCH3 is 2. The highest BCUT2D eigenvalue weighted by Crippen LogP contribution is 2.66. The Morgan fingerprint density at radius 1 is 0.394 bits per heavy atom. The molecule has 0 N–H and O–H groups in total. The number of halogens is 6. The monoisotopic (exact) mass is 992 g/mol. The number of thiophene rings is 2. The highest BCUT2D eigenvalue weighted by molar-refractivity contribution is 7.12. The third kappa shape index (κ3) is 7.40. The molecule has 8 aromatic carbocycles. The molecule has 11 rings (SSSR count). The van der Waals surface area contributed by atoms with Gasteiger partial charge in [0, 0.05) is 52.9 Å². The third-order valence-electron chi connectivity index (χ3n) is 13.4. The number of hydrogen-bond acceptors (Lipinski definition) is 6. The zero-order valence-electron chi connectivity index (χ0n) is 38.6. The first-order valence-corrected chi connectivity index (χ1v) is 24.4. The minimum Gasteiger partial charge on any atom is -0.496 e. The van der Waals surface area contributed by atoms with Crippen molar-refractivity contribution in [2.75, 3.05) is 14.2 Å². The summed E-state index contributed by atoms with van der Waals surface area (Å²) in [6, 6.07) is 49.0. The van der Waals surface area contributed by atoms with E-state index in [-0.39, 0.29) is 23.0 Å². The second kappa shape index (κ2) is 17.5. The Bertz CT molecular complexity index is 3530. The molecule has 1 aliphatic carbocycles. The summed E-state index contributed by atoms with van der Waals surface area (Å²) in [5, 5.41) is 7.35. The molecule has 0 radical (unpaired) electrons. The molecule has 0 atom stereocenters. The van der Waals surface area contributed by atoms with Gasteiger partial charge in [-0.15, -0.1) is 22.7 Å². The van der Waals surface area contributed by atoms with E-state index in [4.69, 9.17) is 18.9 Å². The molecule has 4 nitrogen and oxygen atoms in total. The highest BCUT2D eigenvalue weighted by Gasteiger charge is 2.80. The summed E-state index contributed by atoms with van der Waals surface area (Å²) in [6.45, 7) is 2.58. The lowest BCUT2D eigenvalue weighted by Crippen LogP contribution is -2.48. The molecule has 0 saturated heterocycles. The molecular formula is C59H42F6O4S2. The Kier molecular flexibility index (Phi) is 11.4. The van der Waals surface area contributed by atoms with Crippen molar-refractivity contribution in [1.29, 1.82) is 0 Å². The molecule has 0 aliphatic heterocycles. The van der Waals surface area contributed by atoms with Crippen molar-refractivity contribution in [2.45, 2.75) is 44.8 Å². The van der Waals surface area contributed by atoms with E-state index >= 15 is 26.3 Å².